The number of aliphatic hydroxyl groups is 1. The molecule has 2 rings (SSSR count). The zero-order valence-corrected chi connectivity index (χ0v) is 10.1. The largest absolute Gasteiger partial charge is 0.388 e. The molecule has 0 bridgehead atoms. The third-order valence-electron chi connectivity index (χ3n) is 3.60. The van der Waals surface area contributed by atoms with Crippen molar-refractivity contribution >= 4 is 0 Å². The van der Waals surface area contributed by atoms with Crippen molar-refractivity contribution in [2.45, 2.75) is 44.6 Å². The summed E-state index contributed by atoms with van der Waals surface area (Å²) in [5.74, 6) is 0.974. The topological polar surface area (TPSA) is 46.2 Å². The Bertz CT molecular complexity index is 373. The minimum absolute atomic E-state index is 0.287. The molecule has 1 aromatic rings. The molecule has 0 radical (unpaired) electrons. The molecule has 1 aliphatic rings. The normalized spacial score (nSPS) is 23.8. The van der Waals surface area contributed by atoms with Gasteiger partial charge in [-0.25, -0.2) is 0 Å². The number of nitrogens with two attached hydrogens (primary N) is 1. The Hall–Kier alpha value is -0.860. The fraction of sp³-hybridized carbons (Fsp3) is 0.571. The first-order valence-electron chi connectivity index (χ1n) is 6.15. The van der Waals surface area contributed by atoms with Crippen LogP contribution in [0.2, 0.25) is 0 Å². The van der Waals surface area contributed by atoms with Crippen molar-refractivity contribution in [2.75, 3.05) is 6.54 Å². The van der Waals surface area contributed by atoms with Crippen LogP contribution in [0.3, 0.4) is 0 Å². The molecule has 0 saturated heterocycles. The second-order valence-electron chi connectivity index (χ2n) is 5.07. The van der Waals surface area contributed by atoms with Gasteiger partial charge in [0.05, 0.1) is 6.10 Å². The van der Waals surface area contributed by atoms with Gasteiger partial charge < -0.3 is 10.8 Å². The van der Waals surface area contributed by atoms with Crippen molar-refractivity contribution in [1.29, 1.82) is 0 Å². The number of hydrogen-bond acceptors (Lipinski definition) is 2. The predicted octanol–water partition coefficient (Wildman–Crippen LogP) is 2.68. The summed E-state index contributed by atoms with van der Waals surface area (Å²) in [6.07, 6.45) is 1.53. The molecule has 3 N–H and O–H groups in total. The van der Waals surface area contributed by atoms with Crippen LogP contribution in [0.15, 0.2) is 18.2 Å². The van der Waals surface area contributed by atoms with Crippen molar-refractivity contribution in [3.8, 4) is 0 Å². The Morgan fingerprint density at radius 3 is 2.75 bits per heavy atom. The molecule has 0 saturated carbocycles. The SMILES string of the molecule is CC(C)c1ccc2c(c1)C(O)CC2CCN. The number of hydrogen-bond donors (Lipinski definition) is 2. The third kappa shape index (κ3) is 2.00. The summed E-state index contributed by atoms with van der Waals surface area (Å²) in [6, 6.07) is 6.54. The van der Waals surface area contributed by atoms with E-state index in [-0.39, 0.29) is 6.10 Å². The standard InChI is InChI=1S/C14H21NO/c1-9(2)10-3-4-12-11(5-6-15)8-14(16)13(12)7-10/h3-4,7,9,11,14,16H,5-6,8,15H2,1-2H3. The van der Waals surface area contributed by atoms with E-state index in [1.165, 1.54) is 11.1 Å². The molecule has 0 aliphatic heterocycles. The summed E-state index contributed by atoms with van der Waals surface area (Å²) in [5.41, 5.74) is 9.36. The molecule has 2 unspecified atom stereocenters. The van der Waals surface area contributed by atoms with Crippen LogP contribution in [0.25, 0.3) is 0 Å². The summed E-state index contributed by atoms with van der Waals surface area (Å²) in [4.78, 5) is 0. The molecular weight excluding hydrogens is 198 g/mol. The van der Waals surface area contributed by atoms with E-state index in [2.05, 4.69) is 32.0 Å². The lowest BCUT2D eigenvalue weighted by atomic mass is 9.94. The van der Waals surface area contributed by atoms with Crippen LogP contribution in [-0.4, -0.2) is 11.7 Å². The lowest BCUT2D eigenvalue weighted by Gasteiger charge is -2.11. The van der Waals surface area contributed by atoms with E-state index in [9.17, 15) is 5.11 Å². The maximum Gasteiger partial charge on any atom is 0.0798 e. The van der Waals surface area contributed by atoms with Gasteiger partial charge in [-0.3, -0.25) is 0 Å². The molecule has 0 spiro atoms. The van der Waals surface area contributed by atoms with Crippen LogP contribution in [0.5, 0.6) is 0 Å². The second-order valence-corrected chi connectivity index (χ2v) is 5.07. The molecule has 2 heteroatoms. The number of aliphatic hydroxyl groups excluding tert-OH is 1. The minimum atomic E-state index is -0.287. The smallest absolute Gasteiger partial charge is 0.0798 e. The van der Waals surface area contributed by atoms with Crippen LogP contribution < -0.4 is 5.73 Å². The molecular formula is C14H21NO. The number of rotatable bonds is 3. The summed E-state index contributed by atoms with van der Waals surface area (Å²) in [6.45, 7) is 5.06. The Morgan fingerprint density at radius 2 is 2.12 bits per heavy atom. The number of fused-ring (bicyclic) bond motifs is 1. The van der Waals surface area contributed by atoms with Crippen LogP contribution in [-0.2, 0) is 0 Å². The summed E-state index contributed by atoms with van der Waals surface area (Å²) in [7, 11) is 0. The monoisotopic (exact) mass is 219 g/mol. The lowest BCUT2D eigenvalue weighted by molar-refractivity contribution is 0.172. The summed E-state index contributed by atoms with van der Waals surface area (Å²) < 4.78 is 0. The van der Waals surface area contributed by atoms with Gasteiger partial charge in [-0.1, -0.05) is 32.0 Å². The van der Waals surface area contributed by atoms with Gasteiger partial charge in [-0.05, 0) is 47.9 Å². The third-order valence-corrected chi connectivity index (χ3v) is 3.60. The Labute approximate surface area is 97.5 Å². The average molecular weight is 219 g/mol. The molecule has 0 fully saturated rings. The van der Waals surface area contributed by atoms with Crippen molar-refractivity contribution < 1.29 is 5.11 Å². The summed E-state index contributed by atoms with van der Waals surface area (Å²) >= 11 is 0. The Balaban J connectivity index is 2.33. The Kier molecular flexibility index (Phi) is 3.31. The van der Waals surface area contributed by atoms with Gasteiger partial charge in [0, 0.05) is 0 Å². The lowest BCUT2D eigenvalue weighted by Crippen LogP contribution is -2.05. The molecule has 16 heavy (non-hydrogen) atoms. The average Bonchev–Trinajstić information content (AvgIpc) is 2.56. The van der Waals surface area contributed by atoms with Crippen LogP contribution in [0, 0.1) is 0 Å². The van der Waals surface area contributed by atoms with Crippen LogP contribution in [0.4, 0.5) is 0 Å². The van der Waals surface area contributed by atoms with Gasteiger partial charge in [0.1, 0.15) is 0 Å². The van der Waals surface area contributed by atoms with Gasteiger partial charge in [-0.2, -0.15) is 0 Å². The fourth-order valence-corrected chi connectivity index (χ4v) is 2.61. The van der Waals surface area contributed by atoms with E-state index >= 15 is 0 Å². The van der Waals surface area contributed by atoms with Gasteiger partial charge >= 0.3 is 0 Å². The first kappa shape index (κ1) is 11.6. The van der Waals surface area contributed by atoms with Crippen LogP contribution >= 0.6 is 0 Å². The van der Waals surface area contributed by atoms with E-state index in [1.807, 2.05) is 0 Å². The molecule has 88 valence electrons. The molecule has 1 aliphatic carbocycles. The maximum absolute atomic E-state index is 10.0. The quantitative estimate of drug-likeness (QED) is 0.821. The highest BCUT2D eigenvalue weighted by molar-refractivity contribution is 5.41. The van der Waals surface area contributed by atoms with Gasteiger partial charge in [0.15, 0.2) is 0 Å². The van der Waals surface area contributed by atoms with Gasteiger partial charge in [-0.15, -0.1) is 0 Å². The van der Waals surface area contributed by atoms with E-state index in [4.69, 9.17) is 5.73 Å². The van der Waals surface area contributed by atoms with Crippen molar-refractivity contribution in [3.05, 3.63) is 34.9 Å². The predicted molar refractivity (Wildman–Crippen MR) is 66.5 cm³/mol. The number of benzene rings is 1. The highest BCUT2D eigenvalue weighted by atomic mass is 16.3. The highest BCUT2D eigenvalue weighted by Crippen LogP contribution is 2.42. The van der Waals surface area contributed by atoms with E-state index in [0.29, 0.717) is 18.4 Å². The second kappa shape index (κ2) is 4.56. The van der Waals surface area contributed by atoms with E-state index in [0.717, 1.165) is 18.4 Å². The zero-order chi connectivity index (χ0) is 11.7. The molecule has 0 heterocycles. The van der Waals surface area contributed by atoms with Gasteiger partial charge in [0.25, 0.3) is 0 Å². The molecule has 0 amide bonds. The Morgan fingerprint density at radius 1 is 1.38 bits per heavy atom. The van der Waals surface area contributed by atoms with Crippen molar-refractivity contribution in [1.82, 2.24) is 0 Å². The van der Waals surface area contributed by atoms with Crippen LogP contribution in [0.1, 0.15) is 61.3 Å². The molecule has 1 aromatic carbocycles. The molecule has 0 aromatic heterocycles. The zero-order valence-electron chi connectivity index (χ0n) is 10.1. The first-order chi connectivity index (χ1) is 7.63. The fourth-order valence-electron chi connectivity index (χ4n) is 2.61. The minimum Gasteiger partial charge on any atom is -0.388 e. The van der Waals surface area contributed by atoms with Crippen molar-refractivity contribution in [2.24, 2.45) is 5.73 Å². The maximum atomic E-state index is 10.0. The van der Waals surface area contributed by atoms with E-state index in [1.54, 1.807) is 0 Å². The highest BCUT2D eigenvalue weighted by Gasteiger charge is 2.29. The molecule has 2 atom stereocenters. The first-order valence-corrected chi connectivity index (χ1v) is 6.15. The van der Waals surface area contributed by atoms with Gasteiger partial charge in [0.2, 0.25) is 0 Å². The van der Waals surface area contributed by atoms with Crippen molar-refractivity contribution in [3.63, 3.8) is 0 Å². The molecule has 2 nitrogen and oxygen atoms in total. The van der Waals surface area contributed by atoms with E-state index < -0.39 is 0 Å². The summed E-state index contributed by atoms with van der Waals surface area (Å²) in [5, 5.41) is 10.0.